The zero-order valence-corrected chi connectivity index (χ0v) is 16.1. The fourth-order valence-corrected chi connectivity index (χ4v) is 2.73. The summed E-state index contributed by atoms with van der Waals surface area (Å²) in [6, 6.07) is 17.5. The molecule has 0 aliphatic rings. The van der Waals surface area contributed by atoms with Crippen LogP contribution in [0.5, 0.6) is 11.6 Å². The lowest BCUT2D eigenvalue weighted by molar-refractivity contribution is -0.137. The molecular formula is C22H22N2O4. The Labute approximate surface area is 163 Å². The van der Waals surface area contributed by atoms with E-state index in [2.05, 4.69) is 18.9 Å². The Morgan fingerprint density at radius 1 is 1.07 bits per heavy atom. The maximum atomic E-state index is 12.2. The molecule has 0 saturated carbocycles. The number of hydrogen-bond donors (Lipinski definition) is 0. The first-order valence-electron chi connectivity index (χ1n) is 9.04. The molecule has 6 heteroatoms. The summed E-state index contributed by atoms with van der Waals surface area (Å²) in [5.74, 6) is 0.365. The molecule has 0 atom stereocenters. The molecule has 1 aromatic heterocycles. The van der Waals surface area contributed by atoms with Crippen LogP contribution in [0, 0.1) is 6.92 Å². The molecule has 1 heterocycles. The van der Waals surface area contributed by atoms with Gasteiger partial charge in [0.2, 0.25) is 5.88 Å². The average Bonchev–Trinajstić information content (AvgIpc) is 2.68. The van der Waals surface area contributed by atoms with E-state index in [1.54, 1.807) is 24.3 Å². The minimum atomic E-state index is -0.595. The quantitative estimate of drug-likeness (QED) is 0.613. The molecule has 0 unspecified atom stereocenters. The zero-order chi connectivity index (χ0) is 20.1. The number of hydrogen-bond acceptors (Lipinski definition) is 5. The Balaban J connectivity index is 1.71. The lowest BCUT2D eigenvalue weighted by atomic mass is 10.0. The Morgan fingerprint density at radius 2 is 1.82 bits per heavy atom. The summed E-state index contributed by atoms with van der Waals surface area (Å²) in [5.41, 5.74) is 2.34. The van der Waals surface area contributed by atoms with E-state index in [0.717, 1.165) is 11.1 Å². The van der Waals surface area contributed by atoms with Gasteiger partial charge in [-0.15, -0.1) is 5.10 Å². The zero-order valence-electron chi connectivity index (χ0n) is 16.1. The normalized spacial score (nSPS) is 10.7. The van der Waals surface area contributed by atoms with Gasteiger partial charge in [-0.2, -0.15) is 4.68 Å². The first-order valence-corrected chi connectivity index (χ1v) is 9.04. The van der Waals surface area contributed by atoms with Gasteiger partial charge >= 0.3 is 5.97 Å². The summed E-state index contributed by atoms with van der Waals surface area (Å²) < 4.78 is 12.1. The van der Waals surface area contributed by atoms with Crippen LogP contribution in [0.2, 0.25) is 0 Å². The molecule has 0 N–H and O–H groups in total. The fraction of sp³-hybridized carbons (Fsp3) is 0.227. The van der Waals surface area contributed by atoms with E-state index in [9.17, 15) is 9.59 Å². The summed E-state index contributed by atoms with van der Waals surface area (Å²) in [6.45, 7) is 5.83. The van der Waals surface area contributed by atoms with Crippen molar-refractivity contribution < 1.29 is 14.3 Å². The molecule has 6 nitrogen and oxygen atoms in total. The minimum absolute atomic E-state index is 0.0328. The number of carbonyl (C=O) groups excluding carboxylic acids is 1. The number of aromatic nitrogens is 2. The SMILES string of the molecule is Cc1ccc(C(C)C)c(OCC(=O)Oc2ccc(=O)n(-c3ccccc3)n2)c1. The number of ether oxygens (including phenoxy) is 2. The maximum Gasteiger partial charge on any atom is 0.350 e. The van der Waals surface area contributed by atoms with Crippen LogP contribution >= 0.6 is 0 Å². The van der Waals surface area contributed by atoms with Gasteiger partial charge in [0.25, 0.3) is 5.56 Å². The molecule has 0 aliphatic heterocycles. The number of carbonyl (C=O) groups is 1. The third-order valence-corrected chi connectivity index (χ3v) is 4.13. The minimum Gasteiger partial charge on any atom is -0.482 e. The van der Waals surface area contributed by atoms with E-state index in [-0.39, 0.29) is 24.0 Å². The van der Waals surface area contributed by atoms with Crippen LogP contribution < -0.4 is 15.0 Å². The van der Waals surface area contributed by atoms with Crippen LogP contribution in [0.1, 0.15) is 30.9 Å². The fourth-order valence-electron chi connectivity index (χ4n) is 2.73. The van der Waals surface area contributed by atoms with Gasteiger partial charge in [-0.3, -0.25) is 4.79 Å². The average molecular weight is 378 g/mol. The molecule has 3 aromatic rings. The highest BCUT2D eigenvalue weighted by Gasteiger charge is 2.13. The molecule has 2 aromatic carbocycles. The van der Waals surface area contributed by atoms with Crippen LogP contribution in [0.15, 0.2) is 65.5 Å². The highest BCUT2D eigenvalue weighted by molar-refractivity contribution is 5.73. The van der Waals surface area contributed by atoms with E-state index >= 15 is 0 Å². The monoisotopic (exact) mass is 378 g/mol. The smallest absolute Gasteiger partial charge is 0.350 e. The Kier molecular flexibility index (Phi) is 5.89. The summed E-state index contributed by atoms with van der Waals surface area (Å²) >= 11 is 0. The first-order chi connectivity index (χ1) is 13.4. The Hall–Kier alpha value is -3.41. The predicted molar refractivity (Wildman–Crippen MR) is 106 cm³/mol. The van der Waals surface area contributed by atoms with E-state index in [4.69, 9.17) is 9.47 Å². The van der Waals surface area contributed by atoms with Gasteiger partial charge in [-0.05, 0) is 42.2 Å². The van der Waals surface area contributed by atoms with Gasteiger partial charge in [0.15, 0.2) is 6.61 Å². The van der Waals surface area contributed by atoms with E-state index in [0.29, 0.717) is 11.4 Å². The highest BCUT2D eigenvalue weighted by Crippen LogP contribution is 2.27. The predicted octanol–water partition coefficient (Wildman–Crippen LogP) is 3.65. The first kappa shape index (κ1) is 19.4. The molecule has 0 amide bonds. The third-order valence-electron chi connectivity index (χ3n) is 4.13. The van der Waals surface area contributed by atoms with Gasteiger partial charge in [0.1, 0.15) is 5.75 Å². The van der Waals surface area contributed by atoms with Crippen molar-refractivity contribution in [2.45, 2.75) is 26.7 Å². The van der Waals surface area contributed by atoms with Crippen molar-refractivity contribution >= 4 is 5.97 Å². The summed E-state index contributed by atoms with van der Waals surface area (Å²) in [5, 5.41) is 4.10. The molecule has 0 aliphatic carbocycles. The standard InChI is InChI=1S/C22H22N2O4/c1-15(2)18-10-9-16(3)13-19(18)27-14-22(26)28-20-11-12-21(25)24(23-20)17-7-5-4-6-8-17/h4-13,15H,14H2,1-3H3. The van der Waals surface area contributed by atoms with Crippen molar-refractivity contribution in [1.29, 1.82) is 0 Å². The summed E-state index contributed by atoms with van der Waals surface area (Å²) in [6.07, 6.45) is 0. The largest absolute Gasteiger partial charge is 0.482 e. The van der Waals surface area contributed by atoms with Crippen molar-refractivity contribution in [2.24, 2.45) is 0 Å². The number of nitrogens with zero attached hydrogens (tertiary/aromatic N) is 2. The Bertz CT molecular complexity index is 1030. The second-order valence-electron chi connectivity index (χ2n) is 6.72. The summed E-state index contributed by atoms with van der Waals surface area (Å²) in [7, 11) is 0. The van der Waals surface area contributed by atoms with Crippen LogP contribution in [-0.2, 0) is 4.79 Å². The second-order valence-corrected chi connectivity index (χ2v) is 6.72. The molecule has 0 bridgehead atoms. The number of esters is 1. The van der Waals surface area contributed by atoms with E-state index in [1.165, 1.54) is 16.8 Å². The molecule has 144 valence electrons. The van der Waals surface area contributed by atoms with E-state index < -0.39 is 5.97 Å². The molecule has 0 radical (unpaired) electrons. The van der Waals surface area contributed by atoms with Crippen LogP contribution in [0.4, 0.5) is 0 Å². The number of aryl methyl sites for hydroxylation is 1. The van der Waals surface area contributed by atoms with Gasteiger partial charge in [-0.25, -0.2) is 4.79 Å². The molecular weight excluding hydrogens is 356 g/mol. The van der Waals surface area contributed by atoms with Crippen molar-refractivity contribution in [2.75, 3.05) is 6.61 Å². The van der Waals surface area contributed by atoms with Gasteiger partial charge in [0.05, 0.1) is 5.69 Å². The number of rotatable bonds is 6. The van der Waals surface area contributed by atoms with E-state index in [1.807, 2.05) is 31.2 Å². The van der Waals surface area contributed by atoms with Crippen molar-refractivity contribution in [3.05, 3.63) is 82.1 Å². The lowest BCUT2D eigenvalue weighted by Crippen LogP contribution is -2.23. The van der Waals surface area contributed by atoms with Crippen molar-refractivity contribution in [3.63, 3.8) is 0 Å². The Morgan fingerprint density at radius 3 is 2.54 bits per heavy atom. The van der Waals surface area contributed by atoms with Gasteiger partial charge in [0, 0.05) is 12.1 Å². The molecule has 0 spiro atoms. The van der Waals surface area contributed by atoms with Crippen molar-refractivity contribution in [1.82, 2.24) is 9.78 Å². The lowest BCUT2D eigenvalue weighted by Gasteiger charge is -2.14. The van der Waals surface area contributed by atoms with Crippen LogP contribution in [0.25, 0.3) is 5.69 Å². The maximum absolute atomic E-state index is 12.2. The second kappa shape index (κ2) is 8.52. The topological polar surface area (TPSA) is 70.4 Å². The molecule has 0 saturated heterocycles. The number of benzene rings is 2. The molecule has 0 fully saturated rings. The van der Waals surface area contributed by atoms with Crippen LogP contribution in [0.3, 0.4) is 0 Å². The van der Waals surface area contributed by atoms with Crippen LogP contribution in [-0.4, -0.2) is 22.4 Å². The third kappa shape index (κ3) is 4.65. The number of para-hydroxylation sites is 1. The molecule has 3 rings (SSSR count). The molecule has 28 heavy (non-hydrogen) atoms. The summed E-state index contributed by atoms with van der Waals surface area (Å²) in [4.78, 5) is 24.2. The highest BCUT2D eigenvalue weighted by atomic mass is 16.6. The van der Waals surface area contributed by atoms with Gasteiger partial charge < -0.3 is 9.47 Å². The van der Waals surface area contributed by atoms with Crippen molar-refractivity contribution in [3.8, 4) is 17.3 Å². The van der Waals surface area contributed by atoms with Gasteiger partial charge in [-0.1, -0.05) is 44.2 Å².